The summed E-state index contributed by atoms with van der Waals surface area (Å²) in [5.41, 5.74) is 2.59. The lowest BCUT2D eigenvalue weighted by Gasteiger charge is -2.32. The molecule has 108 valence electrons. The van der Waals surface area contributed by atoms with Crippen LogP contribution in [-0.2, 0) is 11.8 Å². The fraction of sp³-hybridized carbons (Fsp3) is 0.647. The molecule has 0 amide bonds. The third-order valence-electron chi connectivity index (χ3n) is 3.68. The van der Waals surface area contributed by atoms with Gasteiger partial charge in [0.25, 0.3) is 0 Å². The van der Waals surface area contributed by atoms with E-state index < -0.39 is 0 Å². The lowest BCUT2D eigenvalue weighted by atomic mass is 9.83. The van der Waals surface area contributed by atoms with Crippen molar-refractivity contribution < 1.29 is 5.11 Å². The number of aliphatic hydroxyl groups excluding tert-OH is 1. The maximum absolute atomic E-state index is 9.29. The average molecular weight is 263 g/mol. The molecule has 0 saturated carbocycles. The van der Waals surface area contributed by atoms with Crippen LogP contribution in [0.4, 0.5) is 0 Å². The monoisotopic (exact) mass is 263 g/mol. The Morgan fingerprint density at radius 1 is 1.05 bits per heavy atom. The SMILES string of the molecule is CCCc1ccc(C(C)(C)CNC(C)(C)CO)cc1. The van der Waals surface area contributed by atoms with E-state index in [9.17, 15) is 5.11 Å². The van der Waals surface area contributed by atoms with Crippen LogP contribution in [-0.4, -0.2) is 23.8 Å². The van der Waals surface area contributed by atoms with Gasteiger partial charge >= 0.3 is 0 Å². The fourth-order valence-corrected chi connectivity index (χ4v) is 2.03. The van der Waals surface area contributed by atoms with Gasteiger partial charge in [-0.1, -0.05) is 51.5 Å². The van der Waals surface area contributed by atoms with Crippen molar-refractivity contribution in [3.05, 3.63) is 35.4 Å². The maximum atomic E-state index is 9.29. The number of nitrogens with one attached hydrogen (secondary N) is 1. The van der Waals surface area contributed by atoms with Gasteiger partial charge in [0.2, 0.25) is 0 Å². The lowest BCUT2D eigenvalue weighted by molar-refractivity contribution is 0.181. The normalized spacial score (nSPS) is 12.7. The number of benzene rings is 1. The van der Waals surface area contributed by atoms with Gasteiger partial charge in [0, 0.05) is 17.5 Å². The van der Waals surface area contributed by atoms with Crippen LogP contribution in [0.15, 0.2) is 24.3 Å². The summed E-state index contributed by atoms with van der Waals surface area (Å²) >= 11 is 0. The molecule has 0 saturated heterocycles. The van der Waals surface area contributed by atoms with Crippen LogP contribution >= 0.6 is 0 Å². The molecular formula is C17H29NO. The Morgan fingerprint density at radius 3 is 2.11 bits per heavy atom. The highest BCUT2D eigenvalue weighted by Crippen LogP contribution is 2.23. The molecule has 0 bridgehead atoms. The van der Waals surface area contributed by atoms with E-state index >= 15 is 0 Å². The summed E-state index contributed by atoms with van der Waals surface area (Å²) in [5, 5.41) is 12.7. The number of aryl methyl sites for hydroxylation is 1. The Hall–Kier alpha value is -0.860. The van der Waals surface area contributed by atoms with Crippen molar-refractivity contribution in [2.75, 3.05) is 13.2 Å². The standard InChI is InChI=1S/C17H29NO/c1-6-7-14-8-10-15(11-9-14)16(2,3)12-18-17(4,5)13-19/h8-11,18-19H,6-7,12-13H2,1-5H3. The number of rotatable bonds is 7. The molecule has 0 aromatic heterocycles. The summed E-state index contributed by atoms with van der Waals surface area (Å²) < 4.78 is 0. The van der Waals surface area contributed by atoms with Crippen molar-refractivity contribution in [2.45, 2.75) is 58.4 Å². The van der Waals surface area contributed by atoms with E-state index in [1.54, 1.807) is 0 Å². The Bertz CT molecular complexity index is 379. The Morgan fingerprint density at radius 2 is 1.63 bits per heavy atom. The highest BCUT2D eigenvalue weighted by Gasteiger charge is 2.24. The molecule has 2 heteroatoms. The molecule has 2 N–H and O–H groups in total. The molecule has 0 aliphatic rings. The number of aliphatic hydroxyl groups is 1. The van der Waals surface area contributed by atoms with Gasteiger partial charge in [0.1, 0.15) is 0 Å². The topological polar surface area (TPSA) is 32.3 Å². The van der Waals surface area contributed by atoms with Crippen molar-refractivity contribution in [1.82, 2.24) is 5.32 Å². The highest BCUT2D eigenvalue weighted by molar-refractivity contribution is 5.28. The second-order valence-electron chi connectivity index (χ2n) is 6.73. The first-order valence-corrected chi connectivity index (χ1v) is 7.26. The molecule has 1 rings (SSSR count). The zero-order chi connectivity index (χ0) is 14.5. The summed E-state index contributed by atoms with van der Waals surface area (Å²) in [5.74, 6) is 0. The minimum absolute atomic E-state index is 0.0667. The van der Waals surface area contributed by atoms with E-state index in [0.717, 1.165) is 13.0 Å². The summed E-state index contributed by atoms with van der Waals surface area (Å²) in [4.78, 5) is 0. The van der Waals surface area contributed by atoms with Gasteiger partial charge in [-0.05, 0) is 31.4 Å². The van der Waals surface area contributed by atoms with E-state index in [-0.39, 0.29) is 17.6 Å². The molecule has 2 nitrogen and oxygen atoms in total. The molecule has 1 aromatic carbocycles. The molecule has 1 aromatic rings. The molecule has 0 unspecified atom stereocenters. The second kappa shape index (κ2) is 6.53. The zero-order valence-electron chi connectivity index (χ0n) is 13.1. The van der Waals surface area contributed by atoms with Crippen molar-refractivity contribution in [1.29, 1.82) is 0 Å². The molecule has 0 heterocycles. The lowest BCUT2D eigenvalue weighted by Crippen LogP contribution is -2.48. The minimum atomic E-state index is -0.223. The minimum Gasteiger partial charge on any atom is -0.394 e. The molecule has 0 fully saturated rings. The molecule has 0 aliphatic heterocycles. The first kappa shape index (κ1) is 16.2. The fourth-order valence-electron chi connectivity index (χ4n) is 2.03. The molecule has 19 heavy (non-hydrogen) atoms. The van der Waals surface area contributed by atoms with Gasteiger partial charge in [0.15, 0.2) is 0 Å². The smallest absolute Gasteiger partial charge is 0.0607 e. The Balaban J connectivity index is 2.71. The van der Waals surface area contributed by atoms with Crippen LogP contribution in [0.25, 0.3) is 0 Å². The van der Waals surface area contributed by atoms with Crippen molar-refractivity contribution in [3.8, 4) is 0 Å². The van der Waals surface area contributed by atoms with E-state index in [2.05, 4.69) is 50.4 Å². The van der Waals surface area contributed by atoms with Gasteiger partial charge in [-0.25, -0.2) is 0 Å². The van der Waals surface area contributed by atoms with Gasteiger partial charge in [-0.3, -0.25) is 0 Å². The van der Waals surface area contributed by atoms with Crippen molar-refractivity contribution >= 4 is 0 Å². The predicted octanol–water partition coefficient (Wildman–Crippen LogP) is 3.28. The summed E-state index contributed by atoms with van der Waals surface area (Å²) in [7, 11) is 0. The summed E-state index contributed by atoms with van der Waals surface area (Å²) in [6.45, 7) is 11.7. The van der Waals surface area contributed by atoms with E-state index in [1.165, 1.54) is 17.5 Å². The second-order valence-corrected chi connectivity index (χ2v) is 6.73. The molecule has 0 spiro atoms. The van der Waals surface area contributed by atoms with E-state index in [0.29, 0.717) is 0 Å². The first-order chi connectivity index (χ1) is 8.80. The number of hydrogen-bond acceptors (Lipinski definition) is 2. The molecular weight excluding hydrogens is 234 g/mol. The van der Waals surface area contributed by atoms with Crippen molar-refractivity contribution in [3.63, 3.8) is 0 Å². The Kier molecular flexibility index (Phi) is 5.57. The highest BCUT2D eigenvalue weighted by atomic mass is 16.3. The third kappa shape index (κ3) is 4.96. The van der Waals surface area contributed by atoms with Gasteiger partial charge in [-0.2, -0.15) is 0 Å². The zero-order valence-corrected chi connectivity index (χ0v) is 13.1. The van der Waals surface area contributed by atoms with Crippen LogP contribution in [0.2, 0.25) is 0 Å². The van der Waals surface area contributed by atoms with E-state index in [1.807, 2.05) is 13.8 Å². The average Bonchev–Trinajstić information content (AvgIpc) is 2.38. The van der Waals surface area contributed by atoms with Crippen LogP contribution in [0.1, 0.15) is 52.2 Å². The third-order valence-corrected chi connectivity index (χ3v) is 3.68. The van der Waals surface area contributed by atoms with Gasteiger partial charge in [0.05, 0.1) is 6.61 Å². The van der Waals surface area contributed by atoms with Crippen LogP contribution in [0.5, 0.6) is 0 Å². The van der Waals surface area contributed by atoms with Gasteiger partial charge in [-0.15, -0.1) is 0 Å². The number of hydrogen-bond donors (Lipinski definition) is 2. The van der Waals surface area contributed by atoms with E-state index in [4.69, 9.17) is 0 Å². The quantitative estimate of drug-likeness (QED) is 0.791. The largest absolute Gasteiger partial charge is 0.394 e. The summed E-state index contributed by atoms with van der Waals surface area (Å²) in [6.07, 6.45) is 2.34. The Labute approximate surface area is 118 Å². The molecule has 0 radical (unpaired) electrons. The first-order valence-electron chi connectivity index (χ1n) is 7.26. The molecule has 0 atom stereocenters. The van der Waals surface area contributed by atoms with Gasteiger partial charge < -0.3 is 10.4 Å². The maximum Gasteiger partial charge on any atom is 0.0607 e. The van der Waals surface area contributed by atoms with Crippen LogP contribution in [0, 0.1) is 0 Å². The predicted molar refractivity (Wildman–Crippen MR) is 82.6 cm³/mol. The van der Waals surface area contributed by atoms with Crippen LogP contribution in [0.3, 0.4) is 0 Å². The summed E-state index contributed by atoms with van der Waals surface area (Å²) in [6, 6.07) is 8.94. The van der Waals surface area contributed by atoms with Crippen molar-refractivity contribution in [2.24, 2.45) is 0 Å². The van der Waals surface area contributed by atoms with Crippen LogP contribution < -0.4 is 5.32 Å². The molecule has 0 aliphatic carbocycles.